The van der Waals surface area contributed by atoms with Crippen LogP contribution in [-0.4, -0.2) is 49.8 Å². The van der Waals surface area contributed by atoms with Crippen LogP contribution in [0.2, 0.25) is 0 Å². The van der Waals surface area contributed by atoms with Crippen LogP contribution in [0.25, 0.3) is 0 Å². The topological polar surface area (TPSA) is 79.9 Å². The molecule has 1 aromatic rings. The highest BCUT2D eigenvalue weighted by atomic mass is 19.3. The molecule has 2 fully saturated rings. The molecule has 26 heavy (non-hydrogen) atoms. The van der Waals surface area contributed by atoms with E-state index >= 15 is 0 Å². The lowest BCUT2D eigenvalue weighted by Gasteiger charge is -2.38. The van der Waals surface area contributed by atoms with Crippen LogP contribution in [0.5, 0.6) is 5.75 Å². The van der Waals surface area contributed by atoms with Crippen molar-refractivity contribution in [2.24, 2.45) is 5.92 Å². The number of rotatable bonds is 4. The number of urea groups is 1. The van der Waals surface area contributed by atoms with Gasteiger partial charge >= 0.3 is 12.6 Å². The van der Waals surface area contributed by atoms with Gasteiger partial charge in [-0.2, -0.15) is 8.78 Å². The number of nitrogens with zero attached hydrogens (tertiary/aromatic N) is 1. The van der Waals surface area contributed by atoms with E-state index in [1.165, 1.54) is 12.1 Å². The second kappa shape index (κ2) is 7.69. The molecule has 0 unspecified atom stereocenters. The van der Waals surface area contributed by atoms with Crippen LogP contribution in [0.3, 0.4) is 0 Å². The molecule has 0 aliphatic carbocycles. The van der Waals surface area contributed by atoms with Crippen LogP contribution < -0.4 is 15.4 Å². The van der Waals surface area contributed by atoms with Crippen molar-refractivity contribution in [2.75, 3.05) is 26.3 Å². The van der Waals surface area contributed by atoms with E-state index in [1.54, 1.807) is 17.0 Å². The summed E-state index contributed by atoms with van der Waals surface area (Å²) in [5.41, 5.74) is 0.886. The molecule has 0 bridgehead atoms. The van der Waals surface area contributed by atoms with Gasteiger partial charge in [-0.1, -0.05) is 18.7 Å². The molecule has 2 aliphatic heterocycles. The van der Waals surface area contributed by atoms with Crippen LogP contribution in [0.4, 0.5) is 13.6 Å². The normalized spacial score (nSPS) is 23.4. The van der Waals surface area contributed by atoms with Crippen molar-refractivity contribution < 1.29 is 27.8 Å². The molecule has 0 spiro atoms. The Labute approximate surface area is 148 Å². The van der Waals surface area contributed by atoms with Crippen LogP contribution in [0.1, 0.15) is 11.6 Å². The second-order valence-electron chi connectivity index (χ2n) is 5.96. The molecule has 3 amide bonds. The van der Waals surface area contributed by atoms with E-state index in [0.717, 1.165) is 0 Å². The van der Waals surface area contributed by atoms with E-state index in [9.17, 15) is 18.4 Å². The minimum absolute atomic E-state index is 0.00102. The first-order chi connectivity index (χ1) is 12.5. The summed E-state index contributed by atoms with van der Waals surface area (Å²) in [5.74, 6) is -0.893. The predicted molar refractivity (Wildman–Crippen MR) is 87.5 cm³/mol. The summed E-state index contributed by atoms with van der Waals surface area (Å²) in [6.07, 6.45) is 0. The Kier molecular flexibility index (Phi) is 5.36. The monoisotopic (exact) mass is 367 g/mol. The quantitative estimate of drug-likeness (QED) is 0.848. The molecule has 0 radical (unpaired) electrons. The first-order valence-corrected chi connectivity index (χ1v) is 8.13. The van der Waals surface area contributed by atoms with E-state index in [-0.39, 0.29) is 11.7 Å². The Hall–Kier alpha value is -2.68. The lowest BCUT2D eigenvalue weighted by atomic mass is 9.87. The van der Waals surface area contributed by atoms with Crippen molar-refractivity contribution in [1.82, 2.24) is 15.5 Å². The van der Waals surface area contributed by atoms with Crippen molar-refractivity contribution >= 4 is 11.9 Å². The molecular weight excluding hydrogens is 348 g/mol. The number of amides is 3. The predicted octanol–water partition coefficient (Wildman–Crippen LogP) is 1.63. The molecule has 2 saturated heterocycles. The molecule has 2 N–H and O–H groups in total. The molecule has 3 rings (SSSR count). The molecule has 0 saturated carbocycles. The van der Waals surface area contributed by atoms with E-state index in [1.807, 2.05) is 0 Å². The van der Waals surface area contributed by atoms with Gasteiger partial charge in [0, 0.05) is 18.8 Å². The minimum Gasteiger partial charge on any atom is -0.435 e. The summed E-state index contributed by atoms with van der Waals surface area (Å²) >= 11 is 0. The third-order valence-corrected chi connectivity index (χ3v) is 4.32. The summed E-state index contributed by atoms with van der Waals surface area (Å²) in [7, 11) is 0. The van der Waals surface area contributed by atoms with E-state index in [2.05, 4.69) is 21.9 Å². The molecule has 2 heterocycles. The number of alkyl halides is 2. The summed E-state index contributed by atoms with van der Waals surface area (Å²) in [4.78, 5) is 26.5. The van der Waals surface area contributed by atoms with Crippen molar-refractivity contribution in [3.8, 4) is 5.75 Å². The number of benzene rings is 1. The van der Waals surface area contributed by atoms with E-state index < -0.39 is 24.6 Å². The zero-order chi connectivity index (χ0) is 18.7. The van der Waals surface area contributed by atoms with Gasteiger partial charge in [-0.3, -0.25) is 4.79 Å². The average Bonchev–Trinajstić information content (AvgIpc) is 2.61. The lowest BCUT2D eigenvalue weighted by Crippen LogP contribution is -2.55. The standard InChI is InChI=1S/C17H19F2N3O4/c1-10-13(15(23)22-6-8-25-9-7-22)14(21-17(24)20-10)11-2-4-12(5-3-11)26-16(18)19/h2-5,13-14,16H,1,6-9H2,(H2,20,21,24)/t13-,14-/m1/s1. The zero-order valence-corrected chi connectivity index (χ0v) is 13.9. The fraction of sp³-hybridized carbons (Fsp3) is 0.412. The van der Waals surface area contributed by atoms with Gasteiger partial charge in [-0.25, -0.2) is 4.79 Å². The van der Waals surface area contributed by atoms with Crippen molar-refractivity contribution in [3.05, 3.63) is 42.1 Å². The van der Waals surface area contributed by atoms with Gasteiger partial charge in [-0.15, -0.1) is 0 Å². The Morgan fingerprint density at radius 2 is 1.92 bits per heavy atom. The molecular formula is C17H19F2N3O4. The Morgan fingerprint density at radius 1 is 1.27 bits per heavy atom. The lowest BCUT2D eigenvalue weighted by molar-refractivity contribution is -0.139. The molecule has 2 atom stereocenters. The molecule has 7 nitrogen and oxygen atoms in total. The Morgan fingerprint density at radius 3 is 2.54 bits per heavy atom. The van der Waals surface area contributed by atoms with Crippen molar-refractivity contribution in [1.29, 1.82) is 0 Å². The fourth-order valence-electron chi connectivity index (χ4n) is 3.09. The minimum atomic E-state index is -2.92. The maximum absolute atomic E-state index is 13.0. The van der Waals surface area contributed by atoms with Gasteiger partial charge in [0.05, 0.1) is 19.3 Å². The average molecular weight is 367 g/mol. The fourth-order valence-corrected chi connectivity index (χ4v) is 3.09. The first kappa shape index (κ1) is 18.1. The first-order valence-electron chi connectivity index (χ1n) is 8.13. The number of hydrogen-bond acceptors (Lipinski definition) is 4. The summed E-state index contributed by atoms with van der Waals surface area (Å²) in [6.45, 7) is 2.73. The Bertz CT molecular complexity index is 690. The smallest absolute Gasteiger partial charge is 0.387 e. The van der Waals surface area contributed by atoms with Gasteiger partial charge in [0.1, 0.15) is 11.7 Å². The van der Waals surface area contributed by atoms with Crippen molar-refractivity contribution in [2.45, 2.75) is 12.7 Å². The third-order valence-electron chi connectivity index (χ3n) is 4.32. The number of ether oxygens (including phenoxy) is 2. The number of nitrogens with one attached hydrogen (secondary N) is 2. The zero-order valence-electron chi connectivity index (χ0n) is 13.9. The second-order valence-corrected chi connectivity index (χ2v) is 5.96. The van der Waals surface area contributed by atoms with Gasteiger partial charge in [-0.05, 0) is 17.7 Å². The van der Waals surface area contributed by atoms with Crippen LogP contribution in [0, 0.1) is 5.92 Å². The Balaban J connectivity index is 1.84. The van der Waals surface area contributed by atoms with Gasteiger partial charge in [0.25, 0.3) is 0 Å². The largest absolute Gasteiger partial charge is 0.435 e. The summed E-state index contributed by atoms with van der Waals surface area (Å²) < 4.78 is 34.2. The number of hydrogen-bond donors (Lipinski definition) is 2. The number of halogens is 2. The van der Waals surface area contributed by atoms with Crippen LogP contribution in [-0.2, 0) is 9.53 Å². The summed E-state index contributed by atoms with van der Waals surface area (Å²) in [6, 6.07) is 4.69. The van der Waals surface area contributed by atoms with Gasteiger partial charge < -0.3 is 25.0 Å². The van der Waals surface area contributed by atoms with E-state index in [4.69, 9.17) is 4.74 Å². The van der Waals surface area contributed by atoms with Crippen LogP contribution in [0.15, 0.2) is 36.5 Å². The molecule has 140 valence electrons. The molecule has 2 aliphatic rings. The highest BCUT2D eigenvalue weighted by Crippen LogP contribution is 2.32. The highest BCUT2D eigenvalue weighted by molar-refractivity contribution is 5.88. The molecule has 9 heteroatoms. The number of morpholine rings is 1. The summed E-state index contributed by atoms with van der Waals surface area (Å²) in [5, 5.41) is 5.25. The van der Waals surface area contributed by atoms with Gasteiger partial charge in [0.2, 0.25) is 5.91 Å². The third kappa shape index (κ3) is 3.93. The maximum atomic E-state index is 13.0. The van der Waals surface area contributed by atoms with Crippen LogP contribution >= 0.6 is 0 Å². The SMILES string of the molecule is C=C1NC(=O)N[C@H](c2ccc(OC(F)F)cc2)[C@@H]1C(=O)N1CCOCC1. The molecule has 1 aromatic carbocycles. The van der Waals surface area contributed by atoms with E-state index in [0.29, 0.717) is 37.6 Å². The number of carbonyl (C=O) groups excluding carboxylic acids is 2. The highest BCUT2D eigenvalue weighted by Gasteiger charge is 2.40. The molecule has 0 aromatic heterocycles. The number of carbonyl (C=O) groups is 2. The maximum Gasteiger partial charge on any atom is 0.387 e. The van der Waals surface area contributed by atoms with Gasteiger partial charge in [0.15, 0.2) is 0 Å². The van der Waals surface area contributed by atoms with Crippen molar-refractivity contribution in [3.63, 3.8) is 0 Å².